The third-order valence-electron chi connectivity index (χ3n) is 4.72. The minimum Gasteiger partial charge on any atom is -0.496 e. The summed E-state index contributed by atoms with van der Waals surface area (Å²) in [6.07, 6.45) is 0. The van der Waals surface area contributed by atoms with E-state index < -0.39 is 0 Å². The van der Waals surface area contributed by atoms with Gasteiger partial charge in [0.2, 0.25) is 5.91 Å². The molecule has 27 heavy (non-hydrogen) atoms. The number of para-hydroxylation sites is 1. The molecule has 6 nitrogen and oxygen atoms in total. The number of rotatable bonds is 7. The maximum Gasteiger partial charge on any atom is 0.237 e. The Morgan fingerprint density at radius 1 is 1.19 bits per heavy atom. The number of ether oxygens (including phenoxy) is 3. The minimum atomic E-state index is -0.270. The average molecular weight is 370 g/mol. The van der Waals surface area contributed by atoms with Gasteiger partial charge < -0.3 is 19.5 Å². The number of amides is 1. The molecule has 0 spiro atoms. The van der Waals surface area contributed by atoms with E-state index in [4.69, 9.17) is 14.2 Å². The zero-order valence-electron chi connectivity index (χ0n) is 16.0. The van der Waals surface area contributed by atoms with Crippen LogP contribution in [-0.4, -0.2) is 44.2 Å². The molecule has 1 aliphatic heterocycles. The second-order valence-corrected chi connectivity index (χ2v) is 6.60. The van der Waals surface area contributed by atoms with Crippen LogP contribution < -0.4 is 19.5 Å². The van der Waals surface area contributed by atoms with Crippen LogP contribution in [0.25, 0.3) is 0 Å². The molecule has 2 aromatic carbocycles. The lowest BCUT2D eigenvalue weighted by atomic mass is 10.1. The van der Waals surface area contributed by atoms with Gasteiger partial charge in [-0.25, -0.2) is 0 Å². The minimum absolute atomic E-state index is 0.0269. The maximum absolute atomic E-state index is 12.5. The first kappa shape index (κ1) is 19.0. The summed E-state index contributed by atoms with van der Waals surface area (Å²) < 4.78 is 16.5. The maximum atomic E-state index is 12.5. The largest absolute Gasteiger partial charge is 0.496 e. The Morgan fingerprint density at radius 2 is 1.93 bits per heavy atom. The van der Waals surface area contributed by atoms with E-state index >= 15 is 0 Å². The quantitative estimate of drug-likeness (QED) is 0.812. The topological polar surface area (TPSA) is 60.0 Å². The zero-order chi connectivity index (χ0) is 19.2. The molecule has 1 aliphatic rings. The monoisotopic (exact) mass is 370 g/mol. The first-order chi connectivity index (χ1) is 13.1. The van der Waals surface area contributed by atoms with Crippen molar-refractivity contribution in [1.29, 1.82) is 0 Å². The van der Waals surface area contributed by atoms with Crippen LogP contribution in [0, 0.1) is 0 Å². The average Bonchev–Trinajstić information content (AvgIpc) is 2.71. The Bertz CT molecular complexity index is 794. The highest BCUT2D eigenvalue weighted by molar-refractivity contribution is 5.81. The predicted molar refractivity (Wildman–Crippen MR) is 103 cm³/mol. The number of carbonyl (C=O) groups is 1. The summed E-state index contributed by atoms with van der Waals surface area (Å²) in [4.78, 5) is 14.5. The van der Waals surface area contributed by atoms with E-state index in [2.05, 4.69) is 5.32 Å². The first-order valence-electron chi connectivity index (χ1n) is 9.07. The van der Waals surface area contributed by atoms with Crippen molar-refractivity contribution in [2.24, 2.45) is 0 Å². The molecule has 2 aromatic rings. The Hall–Kier alpha value is -2.73. The van der Waals surface area contributed by atoms with Crippen LogP contribution in [0.1, 0.15) is 18.1 Å². The number of methoxy groups -OCH3 is 1. The zero-order valence-corrected chi connectivity index (χ0v) is 16.0. The van der Waals surface area contributed by atoms with Crippen LogP contribution in [0.4, 0.5) is 0 Å². The van der Waals surface area contributed by atoms with Gasteiger partial charge in [-0.15, -0.1) is 0 Å². The van der Waals surface area contributed by atoms with Crippen LogP contribution in [0.15, 0.2) is 42.5 Å². The van der Waals surface area contributed by atoms with Crippen LogP contribution in [-0.2, 0) is 17.9 Å². The van der Waals surface area contributed by atoms with Crippen molar-refractivity contribution >= 4 is 5.91 Å². The van der Waals surface area contributed by atoms with Gasteiger partial charge in [-0.1, -0.05) is 24.3 Å². The van der Waals surface area contributed by atoms with Gasteiger partial charge in [-0.3, -0.25) is 9.69 Å². The SMILES string of the molecule is COc1ccccc1CNC(=O)[C@H](C)N(C)Cc1ccc2c(c1)OCCO2. The number of hydrogen-bond acceptors (Lipinski definition) is 5. The molecule has 1 amide bonds. The van der Waals surface area contributed by atoms with E-state index in [1.54, 1.807) is 7.11 Å². The molecular formula is C21H26N2O4. The van der Waals surface area contributed by atoms with Crippen molar-refractivity contribution < 1.29 is 19.0 Å². The predicted octanol–water partition coefficient (Wildman–Crippen LogP) is 2.60. The smallest absolute Gasteiger partial charge is 0.237 e. The highest BCUT2D eigenvalue weighted by atomic mass is 16.6. The van der Waals surface area contributed by atoms with E-state index in [0.29, 0.717) is 26.3 Å². The van der Waals surface area contributed by atoms with E-state index in [0.717, 1.165) is 28.4 Å². The summed E-state index contributed by atoms with van der Waals surface area (Å²) in [7, 11) is 3.56. The molecule has 144 valence electrons. The van der Waals surface area contributed by atoms with Crippen molar-refractivity contribution in [3.05, 3.63) is 53.6 Å². The third kappa shape index (κ3) is 4.71. The van der Waals surface area contributed by atoms with Gasteiger partial charge >= 0.3 is 0 Å². The molecule has 1 atom stereocenters. The second kappa shape index (κ2) is 8.77. The number of likely N-dealkylation sites (N-methyl/N-ethyl adjacent to an activating group) is 1. The van der Waals surface area contributed by atoms with E-state index in [1.165, 1.54) is 0 Å². The van der Waals surface area contributed by atoms with Crippen molar-refractivity contribution in [3.8, 4) is 17.2 Å². The fourth-order valence-electron chi connectivity index (χ4n) is 2.99. The number of benzene rings is 2. The first-order valence-corrected chi connectivity index (χ1v) is 9.07. The number of fused-ring (bicyclic) bond motifs is 1. The second-order valence-electron chi connectivity index (χ2n) is 6.60. The summed E-state index contributed by atoms with van der Waals surface area (Å²) in [6.45, 7) is 4.12. The molecule has 0 fully saturated rings. The molecule has 0 bridgehead atoms. The number of nitrogens with one attached hydrogen (secondary N) is 1. The van der Waals surface area contributed by atoms with Crippen LogP contribution >= 0.6 is 0 Å². The van der Waals surface area contributed by atoms with Crippen LogP contribution in [0.3, 0.4) is 0 Å². The van der Waals surface area contributed by atoms with Crippen molar-refractivity contribution in [2.75, 3.05) is 27.4 Å². The molecule has 1 heterocycles. The molecule has 0 saturated carbocycles. The molecule has 1 N–H and O–H groups in total. The molecular weight excluding hydrogens is 344 g/mol. The van der Waals surface area contributed by atoms with Gasteiger partial charge in [-0.05, 0) is 37.7 Å². The van der Waals surface area contributed by atoms with Crippen LogP contribution in [0.5, 0.6) is 17.2 Å². The highest BCUT2D eigenvalue weighted by Gasteiger charge is 2.19. The third-order valence-corrected chi connectivity index (χ3v) is 4.72. The molecule has 0 aromatic heterocycles. The van der Waals surface area contributed by atoms with Crippen LogP contribution in [0.2, 0.25) is 0 Å². The fourth-order valence-corrected chi connectivity index (χ4v) is 2.99. The van der Waals surface area contributed by atoms with Gasteiger partial charge in [-0.2, -0.15) is 0 Å². The summed E-state index contributed by atoms with van der Waals surface area (Å²) in [5.41, 5.74) is 2.03. The summed E-state index contributed by atoms with van der Waals surface area (Å²) >= 11 is 0. The van der Waals surface area contributed by atoms with Gasteiger partial charge in [0.15, 0.2) is 11.5 Å². The molecule has 0 saturated heterocycles. The fraction of sp³-hybridized carbons (Fsp3) is 0.381. The normalized spacial score (nSPS) is 13.9. The highest BCUT2D eigenvalue weighted by Crippen LogP contribution is 2.31. The lowest BCUT2D eigenvalue weighted by Crippen LogP contribution is -2.42. The Labute approximate surface area is 160 Å². The van der Waals surface area contributed by atoms with E-state index in [9.17, 15) is 4.79 Å². The van der Waals surface area contributed by atoms with E-state index in [-0.39, 0.29) is 11.9 Å². The van der Waals surface area contributed by atoms with Crippen molar-refractivity contribution in [1.82, 2.24) is 10.2 Å². The number of nitrogens with zero attached hydrogens (tertiary/aromatic N) is 1. The molecule has 0 unspecified atom stereocenters. The standard InChI is InChI=1S/C21H26N2O4/c1-15(21(24)22-13-17-6-4-5-7-18(17)25-3)23(2)14-16-8-9-19-20(12-16)27-11-10-26-19/h4-9,12,15H,10-11,13-14H2,1-3H3,(H,22,24)/t15-/m0/s1. The van der Waals surface area contributed by atoms with Gasteiger partial charge in [0, 0.05) is 18.7 Å². The Morgan fingerprint density at radius 3 is 2.70 bits per heavy atom. The van der Waals surface area contributed by atoms with Gasteiger partial charge in [0.25, 0.3) is 0 Å². The summed E-state index contributed by atoms with van der Waals surface area (Å²) in [6, 6.07) is 13.3. The summed E-state index contributed by atoms with van der Waals surface area (Å²) in [5.74, 6) is 2.28. The Kier molecular flexibility index (Phi) is 6.19. The Balaban J connectivity index is 1.56. The number of hydrogen-bond donors (Lipinski definition) is 1. The van der Waals surface area contributed by atoms with Gasteiger partial charge in [0.1, 0.15) is 19.0 Å². The molecule has 3 rings (SSSR count). The lowest BCUT2D eigenvalue weighted by Gasteiger charge is -2.25. The van der Waals surface area contributed by atoms with Crippen molar-refractivity contribution in [3.63, 3.8) is 0 Å². The molecule has 0 radical (unpaired) electrons. The molecule has 6 heteroatoms. The van der Waals surface area contributed by atoms with E-state index in [1.807, 2.05) is 61.3 Å². The van der Waals surface area contributed by atoms with Gasteiger partial charge in [0.05, 0.1) is 13.2 Å². The summed E-state index contributed by atoms with van der Waals surface area (Å²) in [5, 5.41) is 2.98. The molecule has 0 aliphatic carbocycles. The van der Waals surface area contributed by atoms with Crippen molar-refractivity contribution in [2.45, 2.75) is 26.1 Å². The lowest BCUT2D eigenvalue weighted by molar-refractivity contribution is -0.125. The number of carbonyl (C=O) groups excluding carboxylic acids is 1.